The van der Waals surface area contributed by atoms with Gasteiger partial charge in [-0.1, -0.05) is 29.3 Å². The van der Waals surface area contributed by atoms with Crippen LogP contribution in [0.5, 0.6) is 0 Å². The van der Waals surface area contributed by atoms with Crippen LogP contribution in [0.4, 0.5) is 0 Å². The van der Waals surface area contributed by atoms with Crippen LogP contribution >= 0.6 is 34.8 Å². The molecule has 0 saturated carbocycles. The van der Waals surface area contributed by atoms with Crippen LogP contribution < -0.4 is 5.32 Å². The second-order valence-electron chi connectivity index (χ2n) is 4.27. The number of hydrogen-bond donors (Lipinski definition) is 1. The Kier molecular flexibility index (Phi) is 3.85. The van der Waals surface area contributed by atoms with Gasteiger partial charge >= 0.3 is 0 Å². The number of nitrogens with one attached hydrogen (secondary N) is 1. The van der Waals surface area contributed by atoms with Crippen molar-refractivity contribution in [3.8, 4) is 0 Å². The number of imide groups is 1. The molecule has 1 heterocycles. The molecule has 6 heteroatoms. The molecule has 1 fully saturated rings. The van der Waals surface area contributed by atoms with Crippen LogP contribution in [0.15, 0.2) is 18.2 Å². The highest BCUT2D eigenvalue weighted by molar-refractivity contribution is 6.42. The molecule has 1 saturated heterocycles. The zero-order valence-electron chi connectivity index (χ0n) is 9.30. The highest BCUT2D eigenvalue weighted by Gasteiger charge is 2.41. The molecule has 2 amide bonds. The summed E-state index contributed by atoms with van der Waals surface area (Å²) in [5.41, 5.74) is 0.809. The van der Waals surface area contributed by atoms with E-state index in [1.54, 1.807) is 18.2 Å². The number of piperidine rings is 1. The van der Waals surface area contributed by atoms with Crippen molar-refractivity contribution in [2.75, 3.05) is 0 Å². The summed E-state index contributed by atoms with van der Waals surface area (Å²) >= 11 is 18.0. The standard InChI is InChI=1S/C12H10Cl3NO2/c13-8-2-1-7(5-9(8)14)6-12(15)4-3-10(17)16-11(12)18/h1-2,5H,3-4,6H2,(H,16,17,18). The van der Waals surface area contributed by atoms with Crippen LogP contribution in [0.25, 0.3) is 0 Å². The zero-order valence-corrected chi connectivity index (χ0v) is 11.6. The Hall–Kier alpha value is -0.770. The molecule has 1 atom stereocenters. The van der Waals surface area contributed by atoms with Crippen molar-refractivity contribution < 1.29 is 9.59 Å². The molecule has 18 heavy (non-hydrogen) atoms. The maximum Gasteiger partial charge on any atom is 0.248 e. The predicted molar refractivity (Wildman–Crippen MR) is 71.1 cm³/mol. The number of hydrogen-bond acceptors (Lipinski definition) is 2. The van der Waals surface area contributed by atoms with Crippen LogP contribution in [0.3, 0.4) is 0 Å². The molecular weight excluding hydrogens is 296 g/mol. The molecule has 0 aliphatic carbocycles. The van der Waals surface area contributed by atoms with E-state index in [2.05, 4.69) is 5.32 Å². The first-order valence-corrected chi connectivity index (χ1v) is 6.51. The lowest BCUT2D eigenvalue weighted by Crippen LogP contribution is -2.51. The van der Waals surface area contributed by atoms with Crippen LogP contribution in [0.2, 0.25) is 10.0 Å². The number of rotatable bonds is 2. The average Bonchev–Trinajstić information content (AvgIpc) is 2.30. The monoisotopic (exact) mass is 305 g/mol. The Morgan fingerprint density at radius 3 is 2.56 bits per heavy atom. The quantitative estimate of drug-likeness (QED) is 0.674. The molecule has 0 bridgehead atoms. The van der Waals surface area contributed by atoms with Gasteiger partial charge in [-0.3, -0.25) is 14.9 Å². The van der Waals surface area contributed by atoms with Crippen LogP contribution in [0, 0.1) is 0 Å². The topological polar surface area (TPSA) is 46.2 Å². The van der Waals surface area contributed by atoms with E-state index in [4.69, 9.17) is 34.8 Å². The van der Waals surface area contributed by atoms with Gasteiger partial charge in [-0.25, -0.2) is 0 Å². The normalized spacial score (nSPS) is 23.9. The summed E-state index contributed by atoms with van der Waals surface area (Å²) in [5.74, 6) is -0.739. The second-order valence-corrected chi connectivity index (χ2v) is 5.81. The first kappa shape index (κ1) is 13.7. The van der Waals surface area contributed by atoms with Gasteiger partial charge in [0.1, 0.15) is 4.87 Å². The molecule has 96 valence electrons. The van der Waals surface area contributed by atoms with E-state index in [0.717, 1.165) is 5.56 Å². The van der Waals surface area contributed by atoms with Gasteiger partial charge in [0.25, 0.3) is 0 Å². The molecule has 0 aromatic heterocycles. The minimum atomic E-state index is -1.09. The number of benzene rings is 1. The Balaban J connectivity index is 2.19. The Bertz CT molecular complexity index is 518. The lowest BCUT2D eigenvalue weighted by atomic mass is 9.90. The third-order valence-corrected chi connectivity index (χ3v) is 4.11. The maximum absolute atomic E-state index is 11.8. The van der Waals surface area contributed by atoms with E-state index >= 15 is 0 Å². The third kappa shape index (κ3) is 2.79. The Morgan fingerprint density at radius 1 is 1.22 bits per heavy atom. The van der Waals surface area contributed by atoms with Gasteiger partial charge in [0.15, 0.2) is 0 Å². The number of halogens is 3. The fourth-order valence-corrected chi connectivity index (χ4v) is 2.48. The summed E-state index contributed by atoms with van der Waals surface area (Å²) in [4.78, 5) is 21.8. The third-order valence-electron chi connectivity index (χ3n) is 2.88. The van der Waals surface area contributed by atoms with E-state index in [1.165, 1.54) is 0 Å². The lowest BCUT2D eigenvalue weighted by molar-refractivity contribution is -0.135. The fraction of sp³-hybridized carbons (Fsp3) is 0.333. The molecule has 1 N–H and O–H groups in total. The van der Waals surface area contributed by atoms with Gasteiger partial charge in [0.05, 0.1) is 10.0 Å². The van der Waals surface area contributed by atoms with Gasteiger partial charge in [-0.05, 0) is 24.1 Å². The number of carbonyl (C=O) groups is 2. The molecule has 0 spiro atoms. The lowest BCUT2D eigenvalue weighted by Gasteiger charge is -2.29. The molecular formula is C12H10Cl3NO2. The summed E-state index contributed by atoms with van der Waals surface area (Å²) in [6, 6.07) is 5.10. The highest BCUT2D eigenvalue weighted by atomic mass is 35.5. The second kappa shape index (κ2) is 5.08. The van der Waals surface area contributed by atoms with E-state index in [1.807, 2.05) is 0 Å². The van der Waals surface area contributed by atoms with Crippen LogP contribution in [0.1, 0.15) is 18.4 Å². The summed E-state index contributed by atoms with van der Waals surface area (Å²) in [5, 5.41) is 3.12. The molecule has 3 nitrogen and oxygen atoms in total. The van der Waals surface area contributed by atoms with Crippen molar-refractivity contribution in [1.82, 2.24) is 5.32 Å². The first-order chi connectivity index (χ1) is 8.40. The van der Waals surface area contributed by atoms with Gasteiger partial charge in [0.2, 0.25) is 11.8 Å². The minimum absolute atomic E-state index is 0.247. The van der Waals surface area contributed by atoms with Crippen LogP contribution in [-0.4, -0.2) is 16.7 Å². The molecule has 2 rings (SSSR count). The average molecular weight is 307 g/mol. The van der Waals surface area contributed by atoms with Crippen LogP contribution in [-0.2, 0) is 16.0 Å². The minimum Gasteiger partial charge on any atom is -0.295 e. The van der Waals surface area contributed by atoms with Gasteiger partial charge < -0.3 is 0 Å². The van der Waals surface area contributed by atoms with Crippen molar-refractivity contribution in [2.45, 2.75) is 24.1 Å². The first-order valence-electron chi connectivity index (χ1n) is 5.38. The number of carbonyl (C=O) groups excluding carboxylic acids is 2. The molecule has 1 aromatic rings. The summed E-state index contributed by atoms with van der Waals surface area (Å²) in [7, 11) is 0. The smallest absolute Gasteiger partial charge is 0.248 e. The maximum atomic E-state index is 11.8. The van der Waals surface area contributed by atoms with Crippen molar-refractivity contribution in [3.63, 3.8) is 0 Å². The van der Waals surface area contributed by atoms with Gasteiger partial charge in [0, 0.05) is 12.8 Å². The van der Waals surface area contributed by atoms with Crippen molar-refractivity contribution in [3.05, 3.63) is 33.8 Å². The summed E-state index contributed by atoms with van der Waals surface area (Å²) in [6.45, 7) is 0. The highest BCUT2D eigenvalue weighted by Crippen LogP contribution is 2.32. The van der Waals surface area contributed by atoms with E-state index in [-0.39, 0.29) is 12.3 Å². The molecule has 1 unspecified atom stereocenters. The summed E-state index contributed by atoms with van der Waals surface area (Å²) in [6.07, 6.45) is 0.876. The van der Waals surface area contributed by atoms with E-state index < -0.39 is 10.8 Å². The Labute approximate surface area is 119 Å². The molecule has 1 aliphatic rings. The van der Waals surface area contributed by atoms with Crippen molar-refractivity contribution in [1.29, 1.82) is 0 Å². The van der Waals surface area contributed by atoms with Crippen molar-refractivity contribution >= 4 is 46.6 Å². The largest absolute Gasteiger partial charge is 0.295 e. The van der Waals surface area contributed by atoms with E-state index in [0.29, 0.717) is 22.9 Å². The van der Waals surface area contributed by atoms with Gasteiger partial charge in [-0.2, -0.15) is 0 Å². The van der Waals surface area contributed by atoms with E-state index in [9.17, 15) is 9.59 Å². The zero-order chi connectivity index (χ0) is 13.3. The summed E-state index contributed by atoms with van der Waals surface area (Å²) < 4.78 is 0. The predicted octanol–water partition coefficient (Wildman–Crippen LogP) is 2.95. The molecule has 1 aliphatic heterocycles. The fourth-order valence-electron chi connectivity index (χ4n) is 1.87. The number of alkyl halides is 1. The van der Waals surface area contributed by atoms with Crippen molar-refractivity contribution in [2.24, 2.45) is 0 Å². The molecule has 0 radical (unpaired) electrons. The Morgan fingerprint density at radius 2 is 1.94 bits per heavy atom. The number of amides is 2. The van der Waals surface area contributed by atoms with Gasteiger partial charge in [-0.15, -0.1) is 11.6 Å². The molecule has 1 aromatic carbocycles. The SMILES string of the molecule is O=C1CCC(Cl)(Cc2ccc(Cl)c(Cl)c2)C(=O)N1.